The normalized spacial score (nSPS) is 21.2. The van der Waals surface area contributed by atoms with Gasteiger partial charge in [-0.05, 0) is 42.0 Å². The maximum absolute atomic E-state index is 12.3. The molecule has 26 heavy (non-hydrogen) atoms. The Balaban J connectivity index is 2.05. The highest BCUT2D eigenvalue weighted by molar-refractivity contribution is 7.91. The minimum Gasteiger partial charge on any atom is -0.377 e. The summed E-state index contributed by atoms with van der Waals surface area (Å²) in [6.07, 6.45) is 3.24. The van der Waals surface area contributed by atoms with E-state index in [1.165, 1.54) is 12.1 Å². The molecule has 0 spiro atoms. The fraction of sp³-hybridized carbons (Fsp3) is 0.368. The van der Waals surface area contributed by atoms with Crippen molar-refractivity contribution in [2.75, 3.05) is 17.8 Å². The van der Waals surface area contributed by atoms with Crippen LogP contribution in [0.4, 0.5) is 5.69 Å². The molecular formula is C19H23NO4S2. The predicted molar refractivity (Wildman–Crippen MR) is 103 cm³/mol. The second-order valence-electron chi connectivity index (χ2n) is 7.11. The molecule has 3 atom stereocenters. The lowest BCUT2D eigenvalue weighted by Gasteiger charge is -2.22. The zero-order chi connectivity index (χ0) is 19.1. The van der Waals surface area contributed by atoms with E-state index >= 15 is 0 Å². The quantitative estimate of drug-likeness (QED) is 0.814. The molecule has 0 aliphatic heterocycles. The van der Waals surface area contributed by atoms with Crippen molar-refractivity contribution >= 4 is 25.4 Å². The van der Waals surface area contributed by atoms with E-state index in [4.69, 9.17) is 0 Å². The van der Waals surface area contributed by atoms with Crippen LogP contribution in [0.1, 0.15) is 24.9 Å². The van der Waals surface area contributed by atoms with Gasteiger partial charge in [-0.2, -0.15) is 0 Å². The van der Waals surface area contributed by atoms with Gasteiger partial charge in [0.15, 0.2) is 19.7 Å². The van der Waals surface area contributed by atoms with E-state index in [2.05, 4.69) is 12.2 Å². The molecule has 1 aliphatic rings. The maximum Gasteiger partial charge on any atom is 0.177 e. The molecule has 1 fully saturated rings. The highest BCUT2D eigenvalue weighted by Gasteiger charge is 2.40. The van der Waals surface area contributed by atoms with E-state index in [1.54, 1.807) is 6.07 Å². The molecule has 140 valence electrons. The number of sulfone groups is 2. The zero-order valence-electron chi connectivity index (χ0n) is 15.0. The molecule has 3 unspecified atom stereocenters. The van der Waals surface area contributed by atoms with Crippen LogP contribution in [-0.4, -0.2) is 29.3 Å². The van der Waals surface area contributed by atoms with Crippen LogP contribution in [0.3, 0.4) is 0 Å². The van der Waals surface area contributed by atoms with Crippen LogP contribution < -0.4 is 5.32 Å². The highest BCUT2D eigenvalue weighted by atomic mass is 32.2. The molecule has 2 aromatic rings. The van der Waals surface area contributed by atoms with Gasteiger partial charge in [-0.15, -0.1) is 0 Å². The van der Waals surface area contributed by atoms with Gasteiger partial charge in [0.1, 0.15) is 0 Å². The molecule has 1 N–H and O–H groups in total. The predicted octanol–water partition coefficient (Wildman–Crippen LogP) is 3.30. The third-order valence-electron chi connectivity index (χ3n) is 4.85. The van der Waals surface area contributed by atoms with Crippen molar-refractivity contribution in [2.45, 2.75) is 29.2 Å². The van der Waals surface area contributed by atoms with Gasteiger partial charge < -0.3 is 5.32 Å². The van der Waals surface area contributed by atoms with E-state index in [0.717, 1.165) is 24.5 Å². The van der Waals surface area contributed by atoms with Crippen molar-refractivity contribution in [3.63, 3.8) is 0 Å². The SMILES string of the molecule is CC1CC1C(Nc1ccc(S(C)(=O)=O)cc1S(C)(=O)=O)c1ccccc1. The maximum atomic E-state index is 12.3. The minimum atomic E-state index is -3.59. The summed E-state index contributed by atoms with van der Waals surface area (Å²) in [6, 6.07) is 14.1. The molecule has 0 saturated heterocycles. The average molecular weight is 394 g/mol. The first kappa shape index (κ1) is 18.9. The Kier molecular flexibility index (Phi) is 4.88. The van der Waals surface area contributed by atoms with Gasteiger partial charge in [0.2, 0.25) is 0 Å². The number of nitrogens with one attached hydrogen (secondary N) is 1. The third-order valence-corrected chi connectivity index (χ3v) is 7.10. The molecule has 0 amide bonds. The lowest BCUT2D eigenvalue weighted by molar-refractivity contribution is 0.599. The van der Waals surface area contributed by atoms with Crippen LogP contribution in [0.25, 0.3) is 0 Å². The summed E-state index contributed by atoms with van der Waals surface area (Å²) in [4.78, 5) is 0.00850. The molecule has 0 heterocycles. The second kappa shape index (κ2) is 6.70. The molecule has 1 aliphatic carbocycles. The van der Waals surface area contributed by atoms with Crippen molar-refractivity contribution in [3.8, 4) is 0 Å². The van der Waals surface area contributed by atoms with Gasteiger partial charge in [-0.1, -0.05) is 37.3 Å². The number of hydrogen-bond donors (Lipinski definition) is 1. The monoisotopic (exact) mass is 393 g/mol. The fourth-order valence-corrected chi connectivity index (χ4v) is 4.83. The summed E-state index contributed by atoms with van der Waals surface area (Å²) in [7, 11) is -7.08. The third kappa shape index (κ3) is 4.10. The molecule has 3 rings (SSSR count). The van der Waals surface area contributed by atoms with Crippen LogP contribution >= 0.6 is 0 Å². The van der Waals surface area contributed by atoms with Crippen LogP contribution in [0.5, 0.6) is 0 Å². The summed E-state index contributed by atoms with van der Waals surface area (Å²) >= 11 is 0. The zero-order valence-corrected chi connectivity index (χ0v) is 16.6. The average Bonchev–Trinajstić information content (AvgIpc) is 3.28. The van der Waals surface area contributed by atoms with E-state index in [-0.39, 0.29) is 15.8 Å². The van der Waals surface area contributed by atoms with Crippen molar-refractivity contribution in [1.29, 1.82) is 0 Å². The van der Waals surface area contributed by atoms with Crippen LogP contribution in [0.15, 0.2) is 58.3 Å². The Morgan fingerprint density at radius 3 is 2.08 bits per heavy atom. The Labute approximate surface area is 155 Å². The summed E-state index contributed by atoms with van der Waals surface area (Å²) in [5.41, 5.74) is 1.53. The first-order valence-corrected chi connectivity index (χ1v) is 12.2. The van der Waals surface area contributed by atoms with Crippen molar-refractivity contribution in [3.05, 3.63) is 54.1 Å². The van der Waals surface area contributed by atoms with E-state index in [9.17, 15) is 16.8 Å². The van der Waals surface area contributed by atoms with Crippen molar-refractivity contribution < 1.29 is 16.8 Å². The highest BCUT2D eigenvalue weighted by Crippen LogP contribution is 2.48. The Bertz CT molecular complexity index is 1010. The second-order valence-corrected chi connectivity index (χ2v) is 11.1. The number of hydrogen-bond acceptors (Lipinski definition) is 5. The molecule has 5 nitrogen and oxygen atoms in total. The first-order chi connectivity index (χ1) is 12.1. The van der Waals surface area contributed by atoms with Crippen LogP contribution in [-0.2, 0) is 19.7 Å². The molecule has 0 radical (unpaired) electrons. The largest absolute Gasteiger partial charge is 0.377 e. The van der Waals surface area contributed by atoms with Gasteiger partial charge in [-0.3, -0.25) is 0 Å². The van der Waals surface area contributed by atoms with Crippen molar-refractivity contribution in [1.82, 2.24) is 0 Å². The Morgan fingerprint density at radius 2 is 1.58 bits per heavy atom. The molecule has 7 heteroatoms. The van der Waals surface area contributed by atoms with Crippen LogP contribution in [0, 0.1) is 11.8 Å². The van der Waals surface area contributed by atoms with Crippen molar-refractivity contribution in [2.24, 2.45) is 11.8 Å². The van der Waals surface area contributed by atoms with Crippen LogP contribution in [0.2, 0.25) is 0 Å². The van der Waals surface area contributed by atoms with E-state index in [1.807, 2.05) is 30.3 Å². The summed E-state index contributed by atoms with van der Waals surface area (Å²) in [5, 5.41) is 3.37. The Morgan fingerprint density at radius 1 is 0.962 bits per heavy atom. The van der Waals surface area contributed by atoms with E-state index in [0.29, 0.717) is 17.5 Å². The smallest absolute Gasteiger partial charge is 0.177 e. The Hall–Kier alpha value is -1.86. The lowest BCUT2D eigenvalue weighted by Crippen LogP contribution is -2.16. The summed E-state index contributed by atoms with van der Waals surface area (Å²) in [6.45, 7) is 2.17. The minimum absolute atomic E-state index is 0.000439. The molecular weight excluding hydrogens is 370 g/mol. The van der Waals surface area contributed by atoms with Gasteiger partial charge >= 0.3 is 0 Å². The number of benzene rings is 2. The first-order valence-electron chi connectivity index (χ1n) is 8.43. The summed E-state index contributed by atoms with van der Waals surface area (Å²) in [5.74, 6) is 0.976. The van der Waals surface area contributed by atoms with E-state index < -0.39 is 19.7 Å². The van der Waals surface area contributed by atoms with Gasteiger partial charge in [0, 0.05) is 12.5 Å². The van der Waals surface area contributed by atoms with Gasteiger partial charge in [0.05, 0.1) is 21.5 Å². The number of anilines is 1. The number of rotatable bonds is 6. The molecule has 0 bridgehead atoms. The van der Waals surface area contributed by atoms with Gasteiger partial charge in [-0.25, -0.2) is 16.8 Å². The molecule has 1 saturated carbocycles. The summed E-state index contributed by atoms with van der Waals surface area (Å²) < 4.78 is 48.2. The molecule has 2 aromatic carbocycles. The van der Waals surface area contributed by atoms with Gasteiger partial charge in [0.25, 0.3) is 0 Å². The fourth-order valence-electron chi connectivity index (χ4n) is 3.24. The molecule has 0 aromatic heterocycles. The standard InChI is InChI=1S/C19H23NO4S2/c1-13-11-16(13)19(14-7-5-4-6-8-14)20-17-10-9-15(25(2,21)22)12-18(17)26(3,23)24/h4-10,12-13,16,19-20H,11H2,1-3H3. The lowest BCUT2D eigenvalue weighted by atomic mass is 10.0. The topological polar surface area (TPSA) is 80.3 Å².